The van der Waals surface area contributed by atoms with Gasteiger partial charge in [0.05, 0.1) is 19.5 Å². The van der Waals surface area contributed by atoms with Gasteiger partial charge in [0, 0.05) is 24.5 Å². The van der Waals surface area contributed by atoms with Crippen molar-refractivity contribution in [2.24, 2.45) is 0 Å². The van der Waals surface area contributed by atoms with Crippen LogP contribution in [0.15, 0.2) is 48.0 Å². The van der Waals surface area contributed by atoms with E-state index in [1.807, 2.05) is 0 Å². The van der Waals surface area contributed by atoms with Crippen molar-refractivity contribution in [2.75, 3.05) is 19.5 Å². The number of alkyl halides is 6. The predicted molar refractivity (Wildman–Crippen MR) is 135 cm³/mol. The lowest BCUT2D eigenvalue weighted by molar-refractivity contribution is -0.202. The highest BCUT2D eigenvalue weighted by Crippen LogP contribution is 2.49. The summed E-state index contributed by atoms with van der Waals surface area (Å²) in [7, 11) is -4.25. The van der Waals surface area contributed by atoms with Gasteiger partial charge < -0.3 is 14.8 Å². The van der Waals surface area contributed by atoms with Crippen LogP contribution >= 0.6 is 0 Å². The van der Waals surface area contributed by atoms with Crippen molar-refractivity contribution in [1.29, 1.82) is 0 Å². The van der Waals surface area contributed by atoms with Crippen LogP contribution in [0.5, 0.6) is 11.5 Å². The van der Waals surface area contributed by atoms with Crippen molar-refractivity contribution >= 4 is 27.4 Å². The molecule has 1 atom stereocenters. The minimum atomic E-state index is -5.37. The Hall–Kier alpha value is -3.82. The monoisotopic (exact) mass is 626 g/mol. The zero-order chi connectivity index (χ0) is 31.5. The smallest absolute Gasteiger partial charge is 0.416 e. The number of benzene rings is 2. The summed E-state index contributed by atoms with van der Waals surface area (Å²) in [6.07, 6.45) is -12.1. The number of hydrogen-bond donors (Lipinski definition) is 2. The van der Waals surface area contributed by atoms with E-state index in [2.05, 4.69) is 0 Å². The molecule has 1 heterocycles. The van der Waals surface area contributed by atoms with Crippen LogP contribution in [0.25, 0.3) is 5.57 Å². The lowest BCUT2D eigenvalue weighted by Crippen LogP contribution is -2.60. The SMILES string of the molecule is CCOc1ccc(C2=C(C(=O)NS(C)(=O)=O)C(=O)N[C@@](c3ccc(OCCCC(F)(F)F)cc3F)(C(F)(F)F)C2)cc1. The van der Waals surface area contributed by atoms with E-state index < -0.39 is 88.1 Å². The van der Waals surface area contributed by atoms with Gasteiger partial charge >= 0.3 is 12.4 Å². The van der Waals surface area contributed by atoms with Gasteiger partial charge in [0.1, 0.15) is 22.9 Å². The van der Waals surface area contributed by atoms with Gasteiger partial charge in [0.25, 0.3) is 11.8 Å². The highest BCUT2D eigenvalue weighted by molar-refractivity contribution is 7.89. The molecule has 0 unspecified atom stereocenters. The van der Waals surface area contributed by atoms with Crippen molar-refractivity contribution in [2.45, 2.75) is 44.1 Å². The normalized spacial score (nSPS) is 18.0. The summed E-state index contributed by atoms with van der Waals surface area (Å²) < 4.78 is 132. The molecule has 0 bridgehead atoms. The lowest BCUT2D eigenvalue weighted by Gasteiger charge is -2.41. The van der Waals surface area contributed by atoms with E-state index >= 15 is 4.39 Å². The summed E-state index contributed by atoms with van der Waals surface area (Å²) in [6.45, 7) is 1.44. The second kappa shape index (κ2) is 12.2. The van der Waals surface area contributed by atoms with Gasteiger partial charge in [-0.05, 0) is 48.7 Å². The molecule has 8 nitrogen and oxygen atoms in total. The Morgan fingerprint density at radius 2 is 1.64 bits per heavy atom. The van der Waals surface area contributed by atoms with Crippen LogP contribution in [0.2, 0.25) is 0 Å². The molecule has 42 heavy (non-hydrogen) atoms. The highest BCUT2D eigenvalue weighted by Gasteiger charge is 2.61. The molecule has 2 aromatic rings. The Kier molecular flexibility index (Phi) is 9.49. The van der Waals surface area contributed by atoms with Crippen LogP contribution in [0.4, 0.5) is 30.7 Å². The molecule has 0 aliphatic carbocycles. The average molecular weight is 627 g/mol. The number of nitrogens with one attached hydrogen (secondary N) is 2. The van der Waals surface area contributed by atoms with Gasteiger partial charge in [-0.2, -0.15) is 26.3 Å². The van der Waals surface area contributed by atoms with Crippen LogP contribution in [-0.2, 0) is 25.2 Å². The summed E-state index contributed by atoms with van der Waals surface area (Å²) in [5, 5.41) is 1.66. The minimum absolute atomic E-state index is 0.0781. The summed E-state index contributed by atoms with van der Waals surface area (Å²) in [6, 6.07) is 7.31. The van der Waals surface area contributed by atoms with Gasteiger partial charge in [0.15, 0.2) is 5.54 Å². The van der Waals surface area contributed by atoms with Gasteiger partial charge in [-0.3, -0.25) is 9.59 Å². The molecule has 1 aliphatic heterocycles. The van der Waals surface area contributed by atoms with Crippen molar-refractivity contribution in [3.8, 4) is 11.5 Å². The van der Waals surface area contributed by atoms with Crippen LogP contribution in [0.3, 0.4) is 0 Å². The quantitative estimate of drug-likeness (QED) is 0.224. The van der Waals surface area contributed by atoms with E-state index in [0.717, 1.165) is 6.07 Å². The van der Waals surface area contributed by atoms with E-state index in [-0.39, 0.29) is 17.9 Å². The Bertz CT molecular complexity index is 1470. The van der Waals surface area contributed by atoms with Crippen molar-refractivity contribution in [3.63, 3.8) is 0 Å². The number of halogens is 7. The Balaban J connectivity index is 2.11. The molecule has 1 aliphatic rings. The molecule has 0 saturated heterocycles. The van der Waals surface area contributed by atoms with Gasteiger partial charge in [-0.15, -0.1) is 0 Å². The number of hydrogen-bond acceptors (Lipinski definition) is 6. The third-order valence-corrected chi connectivity index (χ3v) is 6.63. The second-order valence-electron chi connectivity index (χ2n) is 9.26. The zero-order valence-electron chi connectivity index (χ0n) is 22.1. The largest absolute Gasteiger partial charge is 0.494 e. The molecule has 2 N–H and O–H groups in total. The van der Waals surface area contributed by atoms with Crippen molar-refractivity contribution < 1.29 is 58.2 Å². The molecule has 3 rings (SSSR count). The minimum Gasteiger partial charge on any atom is -0.494 e. The first-order chi connectivity index (χ1) is 19.4. The lowest BCUT2D eigenvalue weighted by atomic mass is 9.76. The third kappa shape index (κ3) is 7.72. The molecule has 2 aromatic carbocycles. The van der Waals surface area contributed by atoms with Crippen molar-refractivity contribution in [1.82, 2.24) is 10.0 Å². The molecule has 0 spiro atoms. The van der Waals surface area contributed by atoms with E-state index in [4.69, 9.17) is 9.47 Å². The first-order valence-electron chi connectivity index (χ1n) is 12.2. The van der Waals surface area contributed by atoms with Crippen LogP contribution in [0.1, 0.15) is 37.3 Å². The maximum absolute atomic E-state index is 15.3. The predicted octanol–water partition coefficient (Wildman–Crippen LogP) is 4.75. The fraction of sp³-hybridized carbons (Fsp3) is 0.385. The number of amides is 2. The standard InChI is InChI=1S/C26H25F7N2O6S/c1-3-40-16-7-5-15(6-8-16)18-14-24(26(31,32)33,34-22(36)21(18)23(37)35-42(2,38)39)19-10-9-17(13-20(19)27)41-12-4-11-25(28,29)30/h5-10,13H,3-4,11-12,14H2,1-2H3,(H,34,36)(H,35,37)/t24-/m0/s1. The molecule has 2 amide bonds. The summed E-state index contributed by atoms with van der Waals surface area (Å²) in [5.74, 6) is -4.68. The van der Waals surface area contributed by atoms with E-state index in [1.54, 1.807) is 17.0 Å². The number of carbonyl (C=O) groups excluding carboxylic acids is 2. The van der Waals surface area contributed by atoms with E-state index in [1.165, 1.54) is 24.3 Å². The van der Waals surface area contributed by atoms with Gasteiger partial charge in [-0.1, -0.05) is 12.1 Å². The number of rotatable bonds is 10. The molecule has 0 saturated carbocycles. The molecular formula is C26H25F7N2O6S. The number of ether oxygens (including phenoxy) is 2. The zero-order valence-corrected chi connectivity index (χ0v) is 22.9. The summed E-state index contributed by atoms with van der Waals surface area (Å²) >= 11 is 0. The fourth-order valence-corrected chi connectivity index (χ4v) is 4.74. The van der Waals surface area contributed by atoms with Gasteiger partial charge in [-0.25, -0.2) is 17.5 Å². The second-order valence-corrected chi connectivity index (χ2v) is 11.0. The Morgan fingerprint density at radius 1 is 1.02 bits per heavy atom. The molecule has 230 valence electrons. The number of carbonyl (C=O) groups is 2. The van der Waals surface area contributed by atoms with E-state index in [9.17, 15) is 44.3 Å². The van der Waals surface area contributed by atoms with Gasteiger partial charge in [0.2, 0.25) is 10.0 Å². The van der Waals surface area contributed by atoms with Crippen LogP contribution in [0, 0.1) is 5.82 Å². The number of sulfonamides is 1. The summed E-state index contributed by atoms with van der Waals surface area (Å²) in [5.41, 5.74) is -6.06. The maximum Gasteiger partial charge on any atom is 0.416 e. The topological polar surface area (TPSA) is 111 Å². The van der Waals surface area contributed by atoms with Crippen LogP contribution < -0.4 is 19.5 Å². The average Bonchev–Trinajstić information content (AvgIpc) is 2.84. The molecule has 0 fully saturated rings. The van der Waals surface area contributed by atoms with Crippen molar-refractivity contribution in [3.05, 3.63) is 65.0 Å². The highest BCUT2D eigenvalue weighted by atomic mass is 32.2. The first-order valence-corrected chi connectivity index (χ1v) is 14.1. The van der Waals surface area contributed by atoms with E-state index in [0.29, 0.717) is 24.1 Å². The van der Waals surface area contributed by atoms with Crippen LogP contribution in [-0.4, -0.2) is 52.1 Å². The molecular weight excluding hydrogens is 601 g/mol. The fourth-order valence-electron chi connectivity index (χ4n) is 4.30. The third-order valence-electron chi connectivity index (χ3n) is 6.07. The Labute approximate surface area is 235 Å². The maximum atomic E-state index is 15.3. The first kappa shape index (κ1) is 32.7. The summed E-state index contributed by atoms with van der Waals surface area (Å²) in [4.78, 5) is 26.0. The molecule has 0 radical (unpaired) electrons. The molecule has 0 aromatic heterocycles. The Morgan fingerprint density at radius 3 is 2.17 bits per heavy atom. The molecule has 16 heteroatoms.